The highest BCUT2D eigenvalue weighted by molar-refractivity contribution is 7.89. The smallest absolute Gasteiger partial charge is 0.302 e. The molecule has 5 nitrogen and oxygen atoms in total. The maximum atomic E-state index is 12.4. The molecule has 1 N–H and O–H groups in total. The van der Waals surface area contributed by atoms with E-state index in [1.807, 2.05) is 0 Å². The average Bonchev–Trinajstić information content (AvgIpc) is 2.95. The molecule has 0 radical (unpaired) electrons. The van der Waals surface area contributed by atoms with Crippen LogP contribution in [0.5, 0.6) is 0 Å². The largest absolute Gasteiger partial charge is 0.462 e. The van der Waals surface area contributed by atoms with Gasteiger partial charge in [-0.3, -0.25) is 4.79 Å². The van der Waals surface area contributed by atoms with Gasteiger partial charge in [-0.1, -0.05) is 18.2 Å². The predicted octanol–water partition coefficient (Wildman–Crippen LogP) is 1.70. The Bertz CT molecular complexity index is 628. The molecule has 0 aliphatic heterocycles. The fourth-order valence-corrected chi connectivity index (χ4v) is 5.03. The minimum absolute atomic E-state index is 0.0948. The van der Waals surface area contributed by atoms with Gasteiger partial charge >= 0.3 is 5.97 Å². The molecule has 2 saturated carbocycles. The number of hydrogen-bond acceptors (Lipinski definition) is 4. The first kappa shape index (κ1) is 14.5. The zero-order chi connectivity index (χ0) is 15.0. The van der Waals surface area contributed by atoms with Gasteiger partial charge in [0.2, 0.25) is 10.0 Å². The lowest BCUT2D eigenvalue weighted by molar-refractivity contribution is -0.148. The number of fused-ring (bicyclic) bond motifs is 2. The summed E-state index contributed by atoms with van der Waals surface area (Å²) in [7, 11) is -3.51. The third kappa shape index (κ3) is 2.82. The van der Waals surface area contributed by atoms with Crippen LogP contribution in [0.3, 0.4) is 0 Å². The van der Waals surface area contributed by atoms with E-state index in [1.165, 1.54) is 6.92 Å². The van der Waals surface area contributed by atoms with E-state index in [4.69, 9.17) is 4.74 Å². The molecule has 3 rings (SSSR count). The normalized spacial score (nSPS) is 31.3. The summed E-state index contributed by atoms with van der Waals surface area (Å²) in [5.41, 5.74) is 0. The van der Waals surface area contributed by atoms with Crippen LogP contribution in [0.1, 0.15) is 26.2 Å². The van der Waals surface area contributed by atoms with Gasteiger partial charge in [0, 0.05) is 18.9 Å². The van der Waals surface area contributed by atoms with Gasteiger partial charge in [0.1, 0.15) is 6.10 Å². The van der Waals surface area contributed by atoms with Crippen molar-refractivity contribution >= 4 is 16.0 Å². The summed E-state index contributed by atoms with van der Waals surface area (Å²) in [5, 5.41) is 0. The minimum Gasteiger partial charge on any atom is -0.462 e. The van der Waals surface area contributed by atoms with Crippen LogP contribution in [-0.2, 0) is 19.6 Å². The van der Waals surface area contributed by atoms with Crippen molar-refractivity contribution in [3.05, 3.63) is 30.3 Å². The van der Waals surface area contributed by atoms with Crippen LogP contribution in [-0.4, -0.2) is 26.5 Å². The molecule has 2 aliphatic rings. The Morgan fingerprint density at radius 2 is 1.95 bits per heavy atom. The number of rotatable bonds is 4. The number of carbonyl (C=O) groups excluding carboxylic acids is 1. The molecule has 4 unspecified atom stereocenters. The maximum absolute atomic E-state index is 12.4. The van der Waals surface area contributed by atoms with Crippen molar-refractivity contribution in [2.45, 2.75) is 43.2 Å². The van der Waals surface area contributed by atoms with Crippen molar-refractivity contribution in [3.8, 4) is 0 Å². The second kappa shape index (κ2) is 5.42. The highest BCUT2D eigenvalue weighted by atomic mass is 32.2. The fourth-order valence-electron chi connectivity index (χ4n) is 3.65. The van der Waals surface area contributed by atoms with Gasteiger partial charge in [0.25, 0.3) is 0 Å². The van der Waals surface area contributed by atoms with Crippen LogP contribution in [0.25, 0.3) is 0 Å². The highest BCUT2D eigenvalue weighted by Crippen LogP contribution is 2.46. The molecular weight excluding hydrogens is 290 g/mol. The van der Waals surface area contributed by atoms with E-state index in [1.54, 1.807) is 30.3 Å². The average molecular weight is 309 g/mol. The second-order valence-corrected chi connectivity index (χ2v) is 7.56. The Morgan fingerprint density at radius 3 is 2.62 bits per heavy atom. The van der Waals surface area contributed by atoms with Crippen LogP contribution in [0.4, 0.5) is 0 Å². The quantitative estimate of drug-likeness (QED) is 0.859. The first-order valence-electron chi connectivity index (χ1n) is 7.22. The van der Waals surface area contributed by atoms with E-state index < -0.39 is 10.0 Å². The van der Waals surface area contributed by atoms with Crippen molar-refractivity contribution in [1.29, 1.82) is 0 Å². The fraction of sp³-hybridized carbons (Fsp3) is 0.533. The van der Waals surface area contributed by atoms with Crippen molar-refractivity contribution in [2.75, 3.05) is 0 Å². The Morgan fingerprint density at radius 1 is 1.24 bits per heavy atom. The van der Waals surface area contributed by atoms with Crippen molar-refractivity contribution in [1.82, 2.24) is 4.72 Å². The molecule has 2 aliphatic carbocycles. The molecule has 0 aromatic heterocycles. The molecule has 2 fully saturated rings. The number of sulfonamides is 1. The number of esters is 1. The summed E-state index contributed by atoms with van der Waals surface area (Å²) in [4.78, 5) is 11.4. The first-order valence-corrected chi connectivity index (χ1v) is 8.70. The number of nitrogens with one attached hydrogen (secondary N) is 1. The van der Waals surface area contributed by atoms with E-state index >= 15 is 0 Å². The van der Waals surface area contributed by atoms with E-state index in [-0.39, 0.29) is 34.8 Å². The SMILES string of the molecule is CC(=O)OC1CC2CCC1C2NS(=O)(=O)c1ccccc1. The Hall–Kier alpha value is -1.40. The molecule has 0 spiro atoms. The number of hydrogen-bond donors (Lipinski definition) is 1. The standard InChI is InChI=1S/C15H19NO4S/c1-10(17)20-14-9-11-7-8-13(14)15(11)16-21(18,19)12-5-3-2-4-6-12/h2-6,11,13-16H,7-9H2,1H3. The molecule has 114 valence electrons. The van der Waals surface area contributed by atoms with Crippen LogP contribution < -0.4 is 4.72 Å². The monoisotopic (exact) mass is 309 g/mol. The van der Waals surface area contributed by atoms with Gasteiger partial charge in [-0.15, -0.1) is 0 Å². The molecule has 1 aromatic rings. The molecular formula is C15H19NO4S. The molecule has 0 heterocycles. The zero-order valence-corrected chi connectivity index (χ0v) is 12.7. The molecule has 0 saturated heterocycles. The van der Waals surface area contributed by atoms with Crippen LogP contribution in [0.15, 0.2) is 35.2 Å². The third-order valence-electron chi connectivity index (χ3n) is 4.51. The Labute approximate surface area is 124 Å². The second-order valence-electron chi connectivity index (χ2n) is 5.84. The van der Waals surface area contributed by atoms with Crippen LogP contribution >= 0.6 is 0 Å². The van der Waals surface area contributed by atoms with E-state index in [0.717, 1.165) is 19.3 Å². The number of carbonyl (C=O) groups is 1. The third-order valence-corrected chi connectivity index (χ3v) is 5.99. The summed E-state index contributed by atoms with van der Waals surface area (Å²) in [6.07, 6.45) is 2.51. The maximum Gasteiger partial charge on any atom is 0.302 e. The van der Waals surface area contributed by atoms with Gasteiger partial charge < -0.3 is 4.74 Å². The van der Waals surface area contributed by atoms with Crippen molar-refractivity contribution in [3.63, 3.8) is 0 Å². The van der Waals surface area contributed by atoms with Crippen LogP contribution in [0.2, 0.25) is 0 Å². The molecule has 6 heteroatoms. The molecule has 21 heavy (non-hydrogen) atoms. The summed E-state index contributed by atoms with van der Waals surface area (Å²) < 4.78 is 33.0. The molecule has 0 amide bonds. The topological polar surface area (TPSA) is 72.5 Å². The van der Waals surface area contributed by atoms with E-state index in [0.29, 0.717) is 0 Å². The van der Waals surface area contributed by atoms with Gasteiger partial charge in [0.05, 0.1) is 4.90 Å². The first-order chi connectivity index (χ1) is 9.97. The summed E-state index contributed by atoms with van der Waals surface area (Å²) in [6, 6.07) is 8.25. The van der Waals surface area contributed by atoms with Gasteiger partial charge in [0.15, 0.2) is 0 Å². The lowest BCUT2D eigenvalue weighted by Crippen LogP contribution is -2.39. The number of benzene rings is 1. The minimum atomic E-state index is -3.51. The molecule has 1 aromatic carbocycles. The Kier molecular flexibility index (Phi) is 3.75. The van der Waals surface area contributed by atoms with Gasteiger partial charge in [-0.05, 0) is 37.3 Å². The predicted molar refractivity (Wildman–Crippen MR) is 76.9 cm³/mol. The highest BCUT2D eigenvalue weighted by Gasteiger charge is 2.50. The van der Waals surface area contributed by atoms with Crippen molar-refractivity contribution < 1.29 is 17.9 Å². The summed E-state index contributed by atoms with van der Waals surface area (Å²) >= 11 is 0. The Balaban J connectivity index is 1.76. The van der Waals surface area contributed by atoms with Crippen LogP contribution in [0, 0.1) is 11.8 Å². The zero-order valence-electron chi connectivity index (χ0n) is 11.9. The van der Waals surface area contributed by atoms with Crippen molar-refractivity contribution in [2.24, 2.45) is 11.8 Å². The van der Waals surface area contributed by atoms with Gasteiger partial charge in [-0.2, -0.15) is 0 Å². The summed E-state index contributed by atoms with van der Waals surface area (Å²) in [5.74, 6) is 0.0624. The lowest BCUT2D eigenvalue weighted by Gasteiger charge is -2.22. The van der Waals surface area contributed by atoms with E-state index in [9.17, 15) is 13.2 Å². The van der Waals surface area contributed by atoms with E-state index in [2.05, 4.69) is 4.72 Å². The summed E-state index contributed by atoms with van der Waals surface area (Å²) in [6.45, 7) is 1.40. The lowest BCUT2D eigenvalue weighted by atomic mass is 9.98. The number of ether oxygens (including phenoxy) is 1. The molecule has 2 bridgehead atoms. The molecule has 4 atom stereocenters. The van der Waals surface area contributed by atoms with Gasteiger partial charge in [-0.25, -0.2) is 13.1 Å².